The molecule has 1 N–H and O–H groups in total. The number of hydrogen-bond acceptors (Lipinski definition) is 4. The third-order valence-corrected chi connectivity index (χ3v) is 4.61. The van der Waals surface area contributed by atoms with E-state index in [4.69, 9.17) is 9.47 Å². The van der Waals surface area contributed by atoms with Crippen LogP contribution in [0.15, 0.2) is 46.9 Å². The summed E-state index contributed by atoms with van der Waals surface area (Å²) in [5, 5.41) is 2.86. The summed E-state index contributed by atoms with van der Waals surface area (Å²) in [4.78, 5) is 14.3. The number of carbonyl (C=O) groups is 1. The van der Waals surface area contributed by atoms with Crippen LogP contribution in [0.4, 0.5) is 11.4 Å². The molecule has 0 unspecified atom stereocenters. The number of hydrogen-bond donors (Lipinski definition) is 1. The molecule has 0 spiro atoms. The van der Waals surface area contributed by atoms with Gasteiger partial charge in [-0.2, -0.15) is 0 Å². The standard InChI is InChI=1S/C19H21BrN2O3/c1-14-2-5-16(6-3-14)25-13-19(23)21-15-4-7-18(17(20)12-15)22-8-10-24-11-9-22/h2-7,12H,8-11,13H2,1H3,(H,21,23). The molecule has 1 fully saturated rings. The number of anilines is 2. The molecule has 0 bridgehead atoms. The van der Waals surface area contributed by atoms with E-state index in [-0.39, 0.29) is 12.5 Å². The molecular weight excluding hydrogens is 384 g/mol. The minimum Gasteiger partial charge on any atom is -0.484 e. The summed E-state index contributed by atoms with van der Waals surface area (Å²) in [7, 11) is 0. The van der Waals surface area contributed by atoms with E-state index in [1.54, 1.807) is 0 Å². The van der Waals surface area contributed by atoms with Gasteiger partial charge >= 0.3 is 0 Å². The van der Waals surface area contributed by atoms with Crippen LogP contribution in [0.1, 0.15) is 5.56 Å². The summed E-state index contributed by atoms with van der Waals surface area (Å²) in [6.45, 7) is 5.20. The third kappa shape index (κ3) is 4.96. The molecule has 6 heteroatoms. The highest BCUT2D eigenvalue weighted by atomic mass is 79.9. The van der Waals surface area contributed by atoms with Crippen LogP contribution in [0.3, 0.4) is 0 Å². The molecule has 25 heavy (non-hydrogen) atoms. The molecule has 5 nitrogen and oxygen atoms in total. The minimum absolute atomic E-state index is 0.0219. The Morgan fingerprint density at radius 3 is 2.60 bits per heavy atom. The van der Waals surface area contributed by atoms with Crippen LogP contribution in [0.2, 0.25) is 0 Å². The predicted molar refractivity (Wildman–Crippen MR) is 102 cm³/mol. The number of nitrogens with one attached hydrogen (secondary N) is 1. The number of aryl methyl sites for hydroxylation is 1. The number of carbonyl (C=O) groups excluding carboxylic acids is 1. The summed E-state index contributed by atoms with van der Waals surface area (Å²) in [6.07, 6.45) is 0. The Kier molecular flexibility index (Phi) is 5.94. The predicted octanol–water partition coefficient (Wildman–Crippen LogP) is 3.61. The van der Waals surface area contributed by atoms with E-state index in [9.17, 15) is 4.79 Å². The average molecular weight is 405 g/mol. The fourth-order valence-electron chi connectivity index (χ4n) is 2.63. The van der Waals surface area contributed by atoms with Crippen molar-refractivity contribution in [3.8, 4) is 5.75 Å². The number of nitrogens with zero attached hydrogens (tertiary/aromatic N) is 1. The van der Waals surface area contributed by atoms with Crippen molar-refractivity contribution in [2.45, 2.75) is 6.92 Å². The molecular formula is C19H21BrN2O3. The fraction of sp³-hybridized carbons (Fsp3) is 0.316. The maximum atomic E-state index is 12.1. The van der Waals surface area contributed by atoms with Crippen LogP contribution in [-0.2, 0) is 9.53 Å². The highest BCUT2D eigenvalue weighted by molar-refractivity contribution is 9.10. The number of halogens is 1. The van der Waals surface area contributed by atoms with Gasteiger partial charge in [0.2, 0.25) is 0 Å². The van der Waals surface area contributed by atoms with Crippen molar-refractivity contribution < 1.29 is 14.3 Å². The van der Waals surface area contributed by atoms with Gasteiger partial charge in [-0.05, 0) is 53.2 Å². The second-order valence-electron chi connectivity index (χ2n) is 5.92. The largest absolute Gasteiger partial charge is 0.484 e. The molecule has 0 saturated carbocycles. The van der Waals surface area contributed by atoms with Gasteiger partial charge in [-0.3, -0.25) is 4.79 Å². The van der Waals surface area contributed by atoms with Gasteiger partial charge in [0.05, 0.1) is 18.9 Å². The SMILES string of the molecule is Cc1ccc(OCC(=O)Nc2ccc(N3CCOCC3)c(Br)c2)cc1. The summed E-state index contributed by atoms with van der Waals surface area (Å²) in [5.41, 5.74) is 3.00. The number of morpholine rings is 1. The number of amides is 1. The van der Waals surface area contributed by atoms with E-state index in [0.717, 1.165) is 47.7 Å². The topological polar surface area (TPSA) is 50.8 Å². The van der Waals surface area contributed by atoms with Gasteiger partial charge in [-0.15, -0.1) is 0 Å². The first-order valence-electron chi connectivity index (χ1n) is 8.23. The van der Waals surface area contributed by atoms with Crippen LogP contribution >= 0.6 is 15.9 Å². The molecule has 132 valence electrons. The molecule has 0 aliphatic carbocycles. The van der Waals surface area contributed by atoms with Crippen molar-refractivity contribution in [2.75, 3.05) is 43.1 Å². The Hall–Kier alpha value is -2.05. The Balaban J connectivity index is 1.55. The molecule has 1 aliphatic heterocycles. The van der Waals surface area contributed by atoms with Crippen LogP contribution in [0.5, 0.6) is 5.75 Å². The molecule has 1 aliphatic rings. The summed E-state index contributed by atoms with van der Waals surface area (Å²) >= 11 is 3.59. The lowest BCUT2D eigenvalue weighted by molar-refractivity contribution is -0.118. The van der Waals surface area contributed by atoms with Crippen molar-refractivity contribution in [3.63, 3.8) is 0 Å². The summed E-state index contributed by atoms with van der Waals surface area (Å²) in [5.74, 6) is 0.496. The summed E-state index contributed by atoms with van der Waals surface area (Å²) in [6, 6.07) is 13.4. The maximum Gasteiger partial charge on any atom is 0.262 e. The van der Waals surface area contributed by atoms with Crippen molar-refractivity contribution >= 4 is 33.2 Å². The Bertz CT molecular complexity index is 728. The summed E-state index contributed by atoms with van der Waals surface area (Å²) < 4.78 is 11.8. The molecule has 0 aromatic heterocycles. The Labute approximate surface area is 156 Å². The molecule has 0 radical (unpaired) electrons. The van der Waals surface area contributed by atoms with Crippen LogP contribution in [0.25, 0.3) is 0 Å². The van der Waals surface area contributed by atoms with Gasteiger partial charge in [0.15, 0.2) is 6.61 Å². The van der Waals surface area contributed by atoms with Crippen molar-refractivity contribution in [1.82, 2.24) is 0 Å². The number of ether oxygens (including phenoxy) is 2. The normalized spacial score (nSPS) is 14.2. The van der Waals surface area contributed by atoms with Gasteiger partial charge in [-0.1, -0.05) is 17.7 Å². The first kappa shape index (κ1) is 17.8. The Morgan fingerprint density at radius 1 is 1.20 bits per heavy atom. The molecule has 0 atom stereocenters. The van der Waals surface area contributed by atoms with E-state index in [2.05, 4.69) is 26.1 Å². The molecule has 2 aromatic carbocycles. The fourth-order valence-corrected chi connectivity index (χ4v) is 3.26. The molecule has 2 aromatic rings. The van der Waals surface area contributed by atoms with Gasteiger partial charge in [0, 0.05) is 23.2 Å². The molecule has 1 amide bonds. The molecule has 1 heterocycles. The van der Waals surface area contributed by atoms with Crippen LogP contribution < -0.4 is 15.0 Å². The van der Waals surface area contributed by atoms with E-state index in [1.807, 2.05) is 49.4 Å². The lowest BCUT2D eigenvalue weighted by Crippen LogP contribution is -2.36. The quantitative estimate of drug-likeness (QED) is 0.826. The lowest BCUT2D eigenvalue weighted by atomic mass is 10.2. The highest BCUT2D eigenvalue weighted by Crippen LogP contribution is 2.29. The molecule has 3 rings (SSSR count). The van der Waals surface area contributed by atoms with E-state index >= 15 is 0 Å². The number of benzene rings is 2. The smallest absolute Gasteiger partial charge is 0.262 e. The second kappa shape index (κ2) is 8.36. The average Bonchev–Trinajstić information content (AvgIpc) is 2.62. The minimum atomic E-state index is -0.188. The van der Waals surface area contributed by atoms with Crippen LogP contribution in [-0.4, -0.2) is 38.8 Å². The zero-order valence-corrected chi connectivity index (χ0v) is 15.7. The van der Waals surface area contributed by atoms with E-state index < -0.39 is 0 Å². The first-order chi connectivity index (χ1) is 12.1. The van der Waals surface area contributed by atoms with Gasteiger partial charge in [-0.25, -0.2) is 0 Å². The van der Waals surface area contributed by atoms with Gasteiger partial charge in [0.1, 0.15) is 5.75 Å². The van der Waals surface area contributed by atoms with Crippen molar-refractivity contribution in [3.05, 3.63) is 52.5 Å². The Morgan fingerprint density at radius 2 is 1.92 bits per heavy atom. The maximum absolute atomic E-state index is 12.1. The molecule has 1 saturated heterocycles. The first-order valence-corrected chi connectivity index (χ1v) is 9.03. The monoisotopic (exact) mass is 404 g/mol. The third-order valence-electron chi connectivity index (χ3n) is 3.97. The van der Waals surface area contributed by atoms with Gasteiger partial charge < -0.3 is 19.7 Å². The van der Waals surface area contributed by atoms with Crippen molar-refractivity contribution in [1.29, 1.82) is 0 Å². The van der Waals surface area contributed by atoms with E-state index in [1.165, 1.54) is 0 Å². The zero-order chi connectivity index (χ0) is 17.6. The highest BCUT2D eigenvalue weighted by Gasteiger charge is 2.14. The van der Waals surface area contributed by atoms with Gasteiger partial charge in [0.25, 0.3) is 5.91 Å². The van der Waals surface area contributed by atoms with E-state index in [0.29, 0.717) is 5.75 Å². The van der Waals surface area contributed by atoms with Crippen LogP contribution in [0, 0.1) is 6.92 Å². The number of rotatable bonds is 5. The lowest BCUT2D eigenvalue weighted by Gasteiger charge is -2.29. The van der Waals surface area contributed by atoms with Crippen molar-refractivity contribution in [2.24, 2.45) is 0 Å². The second-order valence-corrected chi connectivity index (χ2v) is 6.77. The zero-order valence-electron chi connectivity index (χ0n) is 14.1.